The molecule has 2 fully saturated rings. The molecule has 3 rings (SSSR count). The van der Waals surface area contributed by atoms with Crippen LogP contribution >= 0.6 is 24.0 Å². The highest BCUT2D eigenvalue weighted by atomic mass is 127. The Morgan fingerprint density at radius 3 is 2.68 bits per heavy atom. The Balaban J connectivity index is 0.00000280. The lowest BCUT2D eigenvalue weighted by atomic mass is 10.00. The fourth-order valence-electron chi connectivity index (χ4n) is 3.19. The first kappa shape index (κ1) is 22.8. The number of hydrogen-bond donors (Lipinski definition) is 2. The van der Waals surface area contributed by atoms with Crippen LogP contribution in [0.15, 0.2) is 29.3 Å². The third kappa shape index (κ3) is 7.48. The molecule has 6 nitrogen and oxygen atoms in total. The summed E-state index contributed by atoms with van der Waals surface area (Å²) in [6.07, 6.45) is 4.61. The Bertz CT molecular complexity index is 656. The second kappa shape index (κ2) is 11.5. The number of guanidine groups is 1. The summed E-state index contributed by atoms with van der Waals surface area (Å²) in [7, 11) is 0. The molecular weight excluding hydrogens is 467 g/mol. The molecular formula is C21H33IN4O2. The Morgan fingerprint density at radius 1 is 1.25 bits per heavy atom. The largest absolute Gasteiger partial charge is 0.484 e. The molecule has 7 heteroatoms. The summed E-state index contributed by atoms with van der Waals surface area (Å²) in [4.78, 5) is 18.9. The minimum Gasteiger partial charge on any atom is -0.484 e. The van der Waals surface area contributed by atoms with Gasteiger partial charge in [0.2, 0.25) is 0 Å². The molecule has 0 bridgehead atoms. The van der Waals surface area contributed by atoms with Gasteiger partial charge in [0.1, 0.15) is 5.75 Å². The SMILES string of the molecule is CCNC(=NCc1cccc(OCC(=O)NC2CC2)c1)N1CCC(C)CC1.I. The Kier molecular flexibility index (Phi) is 9.34. The number of halogens is 1. The van der Waals surface area contributed by atoms with Crippen LogP contribution < -0.4 is 15.4 Å². The van der Waals surface area contributed by atoms with E-state index >= 15 is 0 Å². The van der Waals surface area contributed by atoms with E-state index < -0.39 is 0 Å². The van der Waals surface area contributed by atoms with Crippen molar-refractivity contribution < 1.29 is 9.53 Å². The van der Waals surface area contributed by atoms with E-state index in [-0.39, 0.29) is 36.5 Å². The van der Waals surface area contributed by atoms with Crippen molar-refractivity contribution >= 4 is 35.8 Å². The van der Waals surface area contributed by atoms with Crippen LogP contribution in [0.5, 0.6) is 5.75 Å². The third-order valence-electron chi connectivity index (χ3n) is 5.04. The molecule has 1 aromatic rings. The quantitative estimate of drug-likeness (QED) is 0.343. The molecule has 2 N–H and O–H groups in total. The van der Waals surface area contributed by atoms with E-state index in [2.05, 4.69) is 29.4 Å². The predicted molar refractivity (Wildman–Crippen MR) is 123 cm³/mol. The highest BCUT2D eigenvalue weighted by Crippen LogP contribution is 2.19. The Labute approximate surface area is 185 Å². The maximum Gasteiger partial charge on any atom is 0.258 e. The van der Waals surface area contributed by atoms with E-state index in [9.17, 15) is 4.79 Å². The average molecular weight is 500 g/mol. The molecule has 2 aliphatic rings. The van der Waals surface area contributed by atoms with E-state index in [0.29, 0.717) is 18.3 Å². The molecule has 1 heterocycles. The monoisotopic (exact) mass is 500 g/mol. The van der Waals surface area contributed by atoms with Crippen LogP contribution in [0.3, 0.4) is 0 Å². The molecule has 28 heavy (non-hydrogen) atoms. The van der Waals surface area contributed by atoms with Crippen LogP contribution in [0, 0.1) is 5.92 Å². The molecule has 1 aromatic carbocycles. The number of aliphatic imine (C=N–C) groups is 1. The number of likely N-dealkylation sites (tertiary alicyclic amines) is 1. The zero-order valence-corrected chi connectivity index (χ0v) is 19.3. The Morgan fingerprint density at radius 2 is 2.00 bits per heavy atom. The third-order valence-corrected chi connectivity index (χ3v) is 5.04. The van der Waals surface area contributed by atoms with E-state index in [1.54, 1.807) is 0 Å². The highest BCUT2D eigenvalue weighted by Gasteiger charge is 2.23. The van der Waals surface area contributed by atoms with Gasteiger partial charge >= 0.3 is 0 Å². The maximum absolute atomic E-state index is 11.8. The first-order valence-corrected chi connectivity index (χ1v) is 10.2. The lowest BCUT2D eigenvalue weighted by Gasteiger charge is -2.33. The van der Waals surface area contributed by atoms with E-state index in [0.717, 1.165) is 49.9 Å². The van der Waals surface area contributed by atoms with Crippen molar-refractivity contribution in [2.45, 2.75) is 52.1 Å². The summed E-state index contributed by atoms with van der Waals surface area (Å²) in [6.45, 7) is 8.07. The second-order valence-corrected chi connectivity index (χ2v) is 7.62. The van der Waals surface area contributed by atoms with Crippen LogP contribution in [-0.2, 0) is 11.3 Å². The van der Waals surface area contributed by atoms with Crippen molar-refractivity contribution in [2.24, 2.45) is 10.9 Å². The van der Waals surface area contributed by atoms with Crippen LogP contribution in [-0.4, -0.2) is 49.0 Å². The van der Waals surface area contributed by atoms with Gasteiger partial charge in [-0.25, -0.2) is 4.99 Å². The fourth-order valence-corrected chi connectivity index (χ4v) is 3.19. The van der Waals surface area contributed by atoms with Crippen molar-refractivity contribution in [3.05, 3.63) is 29.8 Å². The van der Waals surface area contributed by atoms with Crippen molar-refractivity contribution in [3.8, 4) is 5.75 Å². The van der Waals surface area contributed by atoms with E-state index in [1.807, 2.05) is 24.3 Å². The fraction of sp³-hybridized carbons (Fsp3) is 0.619. The maximum atomic E-state index is 11.8. The van der Waals surface area contributed by atoms with Crippen LogP contribution in [0.4, 0.5) is 0 Å². The molecule has 0 spiro atoms. The minimum absolute atomic E-state index is 0. The van der Waals surface area contributed by atoms with Gasteiger partial charge in [-0.15, -0.1) is 24.0 Å². The summed E-state index contributed by atoms with van der Waals surface area (Å²) >= 11 is 0. The molecule has 0 aromatic heterocycles. The number of piperidine rings is 1. The summed E-state index contributed by atoms with van der Waals surface area (Å²) in [6, 6.07) is 8.21. The normalized spacial score (nSPS) is 17.6. The Hall–Kier alpha value is -1.51. The predicted octanol–water partition coefficient (Wildman–Crippen LogP) is 3.16. The molecule has 1 aliphatic heterocycles. The van der Waals surface area contributed by atoms with E-state index in [1.165, 1.54) is 12.8 Å². The summed E-state index contributed by atoms with van der Waals surface area (Å²) < 4.78 is 5.63. The summed E-state index contributed by atoms with van der Waals surface area (Å²) in [5.74, 6) is 2.45. The number of nitrogens with one attached hydrogen (secondary N) is 2. The number of ether oxygens (including phenoxy) is 1. The van der Waals surface area contributed by atoms with Crippen molar-refractivity contribution in [1.82, 2.24) is 15.5 Å². The number of nitrogens with zero attached hydrogens (tertiary/aromatic N) is 2. The van der Waals surface area contributed by atoms with Gasteiger partial charge in [0.05, 0.1) is 6.54 Å². The van der Waals surface area contributed by atoms with Gasteiger partial charge in [-0.1, -0.05) is 19.1 Å². The lowest BCUT2D eigenvalue weighted by Crippen LogP contribution is -2.45. The standard InChI is InChI=1S/C21H32N4O2.HI/c1-3-22-21(25-11-9-16(2)10-12-25)23-14-17-5-4-6-19(13-17)27-15-20(26)24-18-7-8-18;/h4-6,13,16,18H,3,7-12,14-15H2,1-2H3,(H,22,23)(H,24,26);1H. The number of hydrogen-bond acceptors (Lipinski definition) is 3. The van der Waals surface area contributed by atoms with Crippen molar-refractivity contribution in [3.63, 3.8) is 0 Å². The molecule has 1 saturated carbocycles. The topological polar surface area (TPSA) is 66.0 Å². The van der Waals surface area contributed by atoms with Gasteiger partial charge in [-0.3, -0.25) is 4.79 Å². The molecule has 1 saturated heterocycles. The number of rotatable bonds is 7. The second-order valence-electron chi connectivity index (χ2n) is 7.62. The number of carbonyl (C=O) groups excluding carboxylic acids is 1. The lowest BCUT2D eigenvalue weighted by molar-refractivity contribution is -0.123. The average Bonchev–Trinajstić information content (AvgIpc) is 3.48. The van der Waals surface area contributed by atoms with Crippen LogP contribution in [0.25, 0.3) is 0 Å². The van der Waals surface area contributed by atoms with Gasteiger partial charge in [-0.2, -0.15) is 0 Å². The highest BCUT2D eigenvalue weighted by molar-refractivity contribution is 14.0. The number of carbonyl (C=O) groups is 1. The summed E-state index contributed by atoms with van der Waals surface area (Å²) in [5.41, 5.74) is 1.08. The molecule has 1 aliphatic carbocycles. The van der Waals surface area contributed by atoms with Gasteiger partial charge < -0.3 is 20.3 Å². The molecule has 0 unspecified atom stereocenters. The number of amides is 1. The van der Waals surface area contributed by atoms with Crippen LogP contribution in [0.2, 0.25) is 0 Å². The first-order chi connectivity index (χ1) is 13.1. The van der Waals surface area contributed by atoms with Gasteiger partial charge in [0.15, 0.2) is 12.6 Å². The zero-order chi connectivity index (χ0) is 19.1. The molecule has 1 amide bonds. The van der Waals surface area contributed by atoms with Crippen molar-refractivity contribution in [1.29, 1.82) is 0 Å². The summed E-state index contributed by atoms with van der Waals surface area (Å²) in [5, 5.41) is 6.34. The number of benzene rings is 1. The molecule has 156 valence electrons. The molecule has 0 atom stereocenters. The van der Waals surface area contributed by atoms with E-state index in [4.69, 9.17) is 9.73 Å². The van der Waals surface area contributed by atoms with Gasteiger partial charge in [-0.05, 0) is 56.2 Å². The minimum atomic E-state index is -0.0466. The van der Waals surface area contributed by atoms with Crippen LogP contribution in [0.1, 0.15) is 45.1 Å². The zero-order valence-electron chi connectivity index (χ0n) is 16.9. The van der Waals surface area contributed by atoms with Gasteiger partial charge in [0.25, 0.3) is 5.91 Å². The van der Waals surface area contributed by atoms with Crippen molar-refractivity contribution in [2.75, 3.05) is 26.2 Å². The molecule has 0 radical (unpaired) electrons. The first-order valence-electron chi connectivity index (χ1n) is 10.2. The smallest absolute Gasteiger partial charge is 0.258 e. The van der Waals surface area contributed by atoms with Gasteiger partial charge in [0, 0.05) is 25.7 Å².